The molecular formula is C16H18FNO3. The Morgan fingerprint density at radius 1 is 1.33 bits per heavy atom. The van der Waals surface area contributed by atoms with Crippen molar-refractivity contribution >= 4 is 5.91 Å². The lowest BCUT2D eigenvalue weighted by Crippen LogP contribution is -2.34. The van der Waals surface area contributed by atoms with E-state index >= 15 is 0 Å². The van der Waals surface area contributed by atoms with Crippen LogP contribution >= 0.6 is 0 Å². The number of amides is 1. The molecule has 1 aromatic carbocycles. The smallest absolute Gasteiger partial charge is 0.224 e. The van der Waals surface area contributed by atoms with Gasteiger partial charge in [0.25, 0.3) is 0 Å². The zero-order valence-corrected chi connectivity index (χ0v) is 11.8. The Morgan fingerprint density at radius 3 is 2.67 bits per heavy atom. The molecule has 5 heteroatoms. The van der Waals surface area contributed by atoms with Gasteiger partial charge < -0.3 is 14.8 Å². The Kier molecular flexibility index (Phi) is 5.11. The van der Waals surface area contributed by atoms with E-state index in [1.807, 2.05) is 6.92 Å². The van der Waals surface area contributed by atoms with Crippen LogP contribution in [0.25, 0.3) is 0 Å². The number of benzene rings is 1. The third-order valence-corrected chi connectivity index (χ3v) is 3.13. The van der Waals surface area contributed by atoms with Gasteiger partial charge in [0.05, 0.1) is 12.7 Å². The summed E-state index contributed by atoms with van der Waals surface area (Å²) in [6.45, 7) is 1.81. The zero-order chi connectivity index (χ0) is 15.2. The van der Waals surface area contributed by atoms with Crippen molar-refractivity contribution in [1.82, 2.24) is 5.32 Å². The van der Waals surface area contributed by atoms with Crippen LogP contribution in [-0.4, -0.2) is 17.1 Å². The van der Waals surface area contributed by atoms with Gasteiger partial charge in [0.1, 0.15) is 17.7 Å². The summed E-state index contributed by atoms with van der Waals surface area (Å²) in [4.78, 5) is 11.9. The lowest BCUT2D eigenvalue weighted by molar-refractivity contribution is -0.121. The predicted molar refractivity (Wildman–Crippen MR) is 76.0 cm³/mol. The summed E-state index contributed by atoms with van der Waals surface area (Å²) < 4.78 is 17.9. The topological polar surface area (TPSA) is 62.5 Å². The summed E-state index contributed by atoms with van der Waals surface area (Å²) in [5.41, 5.74) is 0.743. The SMILES string of the molecule is CC(CC(O)c1ccco1)NC(=O)Cc1ccc(F)cc1. The van der Waals surface area contributed by atoms with E-state index in [0.717, 1.165) is 5.56 Å². The van der Waals surface area contributed by atoms with Crippen molar-refractivity contribution in [3.05, 3.63) is 59.8 Å². The average molecular weight is 291 g/mol. The van der Waals surface area contributed by atoms with E-state index < -0.39 is 6.10 Å². The summed E-state index contributed by atoms with van der Waals surface area (Å²) in [7, 11) is 0. The average Bonchev–Trinajstić information content (AvgIpc) is 2.95. The number of aliphatic hydroxyl groups excluding tert-OH is 1. The van der Waals surface area contributed by atoms with E-state index in [2.05, 4.69) is 5.32 Å². The summed E-state index contributed by atoms with van der Waals surface area (Å²) in [6.07, 6.45) is 1.29. The molecule has 2 unspecified atom stereocenters. The van der Waals surface area contributed by atoms with Crippen molar-refractivity contribution in [3.63, 3.8) is 0 Å². The molecule has 0 aliphatic carbocycles. The minimum absolute atomic E-state index is 0.166. The number of carbonyl (C=O) groups is 1. The van der Waals surface area contributed by atoms with Crippen LogP contribution in [0.4, 0.5) is 4.39 Å². The largest absolute Gasteiger partial charge is 0.467 e. The second-order valence-electron chi connectivity index (χ2n) is 5.04. The first-order chi connectivity index (χ1) is 10.0. The second-order valence-corrected chi connectivity index (χ2v) is 5.04. The highest BCUT2D eigenvalue weighted by Gasteiger charge is 2.16. The summed E-state index contributed by atoms with van der Waals surface area (Å²) in [5.74, 6) is -0.00974. The minimum atomic E-state index is -0.749. The van der Waals surface area contributed by atoms with Gasteiger partial charge >= 0.3 is 0 Å². The molecule has 0 aliphatic rings. The molecule has 0 aliphatic heterocycles. The van der Waals surface area contributed by atoms with E-state index in [9.17, 15) is 14.3 Å². The van der Waals surface area contributed by atoms with Gasteiger partial charge in [0, 0.05) is 12.5 Å². The fraction of sp³-hybridized carbons (Fsp3) is 0.312. The Labute approximate surface area is 122 Å². The number of hydrogen-bond donors (Lipinski definition) is 2. The van der Waals surface area contributed by atoms with Gasteiger partial charge in [0.2, 0.25) is 5.91 Å². The fourth-order valence-electron chi connectivity index (χ4n) is 2.10. The quantitative estimate of drug-likeness (QED) is 0.860. The van der Waals surface area contributed by atoms with Crippen LogP contribution in [0, 0.1) is 5.82 Å². The van der Waals surface area contributed by atoms with Crippen molar-refractivity contribution in [2.45, 2.75) is 31.9 Å². The summed E-state index contributed by atoms with van der Waals surface area (Å²) in [6, 6.07) is 9.01. The first-order valence-electron chi connectivity index (χ1n) is 6.80. The molecule has 0 radical (unpaired) electrons. The molecular weight excluding hydrogens is 273 g/mol. The van der Waals surface area contributed by atoms with Crippen molar-refractivity contribution in [2.75, 3.05) is 0 Å². The van der Waals surface area contributed by atoms with Gasteiger partial charge in [-0.1, -0.05) is 12.1 Å². The number of carbonyl (C=O) groups excluding carboxylic acids is 1. The highest BCUT2D eigenvalue weighted by atomic mass is 19.1. The van der Waals surface area contributed by atoms with E-state index in [0.29, 0.717) is 12.2 Å². The maximum absolute atomic E-state index is 12.8. The highest BCUT2D eigenvalue weighted by Crippen LogP contribution is 2.18. The molecule has 1 heterocycles. The molecule has 0 saturated carbocycles. The number of halogens is 1. The molecule has 2 rings (SSSR count). The van der Waals surface area contributed by atoms with Crippen LogP contribution in [0.15, 0.2) is 47.1 Å². The summed E-state index contributed by atoms with van der Waals surface area (Å²) >= 11 is 0. The maximum Gasteiger partial charge on any atom is 0.224 e. The normalized spacial score (nSPS) is 13.7. The molecule has 2 aromatic rings. The Balaban J connectivity index is 1.80. The number of furan rings is 1. The van der Waals surface area contributed by atoms with Gasteiger partial charge in [0.15, 0.2) is 0 Å². The summed E-state index contributed by atoms with van der Waals surface area (Å²) in [5, 5.41) is 12.7. The Bertz CT molecular complexity index is 566. The monoisotopic (exact) mass is 291 g/mol. The molecule has 1 aromatic heterocycles. The molecule has 0 saturated heterocycles. The third-order valence-electron chi connectivity index (χ3n) is 3.13. The maximum atomic E-state index is 12.8. The van der Waals surface area contributed by atoms with Gasteiger partial charge in [-0.2, -0.15) is 0 Å². The van der Waals surface area contributed by atoms with Gasteiger partial charge in [-0.05, 0) is 36.8 Å². The predicted octanol–water partition coefficient (Wildman–Crippen LogP) is 2.59. The number of hydrogen-bond acceptors (Lipinski definition) is 3. The van der Waals surface area contributed by atoms with E-state index in [4.69, 9.17) is 4.42 Å². The molecule has 4 nitrogen and oxygen atoms in total. The molecule has 0 fully saturated rings. The Hall–Kier alpha value is -2.14. The molecule has 21 heavy (non-hydrogen) atoms. The molecule has 112 valence electrons. The third kappa shape index (κ3) is 4.72. The Morgan fingerprint density at radius 2 is 2.05 bits per heavy atom. The number of nitrogens with one attached hydrogen (secondary N) is 1. The molecule has 2 N–H and O–H groups in total. The molecule has 1 amide bonds. The van der Waals surface area contributed by atoms with Gasteiger partial charge in [-0.25, -0.2) is 4.39 Å². The number of aliphatic hydroxyl groups is 1. The first-order valence-corrected chi connectivity index (χ1v) is 6.80. The highest BCUT2D eigenvalue weighted by molar-refractivity contribution is 5.78. The van der Waals surface area contributed by atoms with E-state index in [1.165, 1.54) is 18.4 Å². The van der Waals surface area contributed by atoms with Crippen LogP contribution in [0.3, 0.4) is 0 Å². The molecule has 0 spiro atoms. The van der Waals surface area contributed by atoms with E-state index in [1.54, 1.807) is 24.3 Å². The lowest BCUT2D eigenvalue weighted by atomic mass is 10.1. The van der Waals surface area contributed by atoms with Crippen LogP contribution in [0.1, 0.15) is 30.8 Å². The standard InChI is InChI=1S/C16H18FNO3/c1-11(9-14(19)15-3-2-8-21-15)18-16(20)10-12-4-6-13(17)7-5-12/h2-8,11,14,19H,9-10H2,1H3,(H,18,20). The zero-order valence-electron chi connectivity index (χ0n) is 11.8. The van der Waals surface area contributed by atoms with Crippen LogP contribution < -0.4 is 5.32 Å². The van der Waals surface area contributed by atoms with Gasteiger partial charge in [-0.3, -0.25) is 4.79 Å². The minimum Gasteiger partial charge on any atom is -0.467 e. The van der Waals surface area contributed by atoms with Crippen molar-refractivity contribution in [3.8, 4) is 0 Å². The fourth-order valence-corrected chi connectivity index (χ4v) is 2.10. The van der Waals surface area contributed by atoms with Crippen LogP contribution in [0.5, 0.6) is 0 Å². The lowest BCUT2D eigenvalue weighted by Gasteiger charge is -2.16. The van der Waals surface area contributed by atoms with E-state index in [-0.39, 0.29) is 24.2 Å². The van der Waals surface area contributed by atoms with Crippen LogP contribution in [-0.2, 0) is 11.2 Å². The second kappa shape index (κ2) is 7.04. The van der Waals surface area contributed by atoms with Crippen molar-refractivity contribution in [2.24, 2.45) is 0 Å². The van der Waals surface area contributed by atoms with Crippen LogP contribution in [0.2, 0.25) is 0 Å². The van der Waals surface area contributed by atoms with Crippen molar-refractivity contribution < 1.29 is 18.7 Å². The van der Waals surface area contributed by atoms with Crippen molar-refractivity contribution in [1.29, 1.82) is 0 Å². The number of rotatable bonds is 6. The first kappa shape index (κ1) is 15.3. The molecule has 2 atom stereocenters. The molecule has 0 bridgehead atoms. The van der Waals surface area contributed by atoms with Gasteiger partial charge in [-0.15, -0.1) is 0 Å².